The van der Waals surface area contributed by atoms with Crippen molar-refractivity contribution in [1.82, 2.24) is 10.9 Å². The Labute approximate surface area is 160 Å². The highest BCUT2D eigenvalue weighted by atomic mass is 32.2. The molecule has 0 radical (unpaired) electrons. The molecule has 4 N–H and O–H groups in total. The molecule has 0 saturated heterocycles. The lowest BCUT2D eigenvalue weighted by Crippen LogP contribution is -2.23. The van der Waals surface area contributed by atoms with Gasteiger partial charge in [0.15, 0.2) is 0 Å². The molecule has 8 nitrogen and oxygen atoms in total. The van der Waals surface area contributed by atoms with E-state index in [0.717, 1.165) is 11.8 Å². The van der Waals surface area contributed by atoms with Crippen LogP contribution in [0.3, 0.4) is 0 Å². The number of amides is 2. The topological polar surface area (TPSA) is 123 Å². The van der Waals surface area contributed by atoms with Crippen LogP contribution >= 0.6 is 11.8 Å². The van der Waals surface area contributed by atoms with Gasteiger partial charge in [-0.15, -0.1) is 11.8 Å². The first-order chi connectivity index (χ1) is 13.1. The number of nitrogens with one attached hydrogen (secondary N) is 2. The number of thioether (sulfide) groups is 1. The van der Waals surface area contributed by atoms with Crippen molar-refractivity contribution in [2.45, 2.75) is 0 Å². The third-order valence-electron chi connectivity index (χ3n) is 3.13. The number of benzene rings is 2. The Hall–Kier alpha value is -3.33. The Bertz CT molecular complexity index is 785. The molecule has 0 fully saturated rings. The van der Waals surface area contributed by atoms with Gasteiger partial charge in [0.1, 0.15) is 11.5 Å². The van der Waals surface area contributed by atoms with Crippen molar-refractivity contribution in [2.24, 2.45) is 10.2 Å². The van der Waals surface area contributed by atoms with Crippen molar-refractivity contribution in [1.29, 1.82) is 0 Å². The molecule has 0 aliphatic carbocycles. The minimum atomic E-state index is -0.378. The Balaban J connectivity index is 1.65. The Kier molecular flexibility index (Phi) is 7.86. The van der Waals surface area contributed by atoms with Crippen molar-refractivity contribution in [3.63, 3.8) is 0 Å². The van der Waals surface area contributed by atoms with Crippen LogP contribution in [0, 0.1) is 0 Å². The second-order valence-electron chi connectivity index (χ2n) is 5.20. The summed E-state index contributed by atoms with van der Waals surface area (Å²) in [6, 6.07) is 13.2. The molecule has 0 atom stereocenters. The van der Waals surface area contributed by atoms with E-state index in [-0.39, 0.29) is 34.8 Å². The summed E-state index contributed by atoms with van der Waals surface area (Å²) in [5.74, 6) is -0.560. The van der Waals surface area contributed by atoms with E-state index < -0.39 is 0 Å². The predicted octanol–water partition coefficient (Wildman–Crippen LogP) is 1.43. The number of phenols is 2. The van der Waals surface area contributed by atoms with Gasteiger partial charge in [0.2, 0.25) is 11.8 Å². The van der Waals surface area contributed by atoms with Crippen molar-refractivity contribution in [3.8, 4) is 11.5 Å². The van der Waals surface area contributed by atoms with E-state index in [1.807, 2.05) is 0 Å². The highest BCUT2D eigenvalue weighted by Crippen LogP contribution is 2.13. The van der Waals surface area contributed by atoms with E-state index in [2.05, 4.69) is 21.1 Å². The zero-order valence-corrected chi connectivity index (χ0v) is 15.0. The SMILES string of the molecule is O=C(CSCC(=O)N/N=C/c1ccccc1O)N/N=C\c1ccccc1O. The van der Waals surface area contributed by atoms with E-state index in [1.54, 1.807) is 36.4 Å². The largest absolute Gasteiger partial charge is 0.507 e. The van der Waals surface area contributed by atoms with Gasteiger partial charge in [-0.3, -0.25) is 9.59 Å². The van der Waals surface area contributed by atoms with Crippen LogP contribution in [0.25, 0.3) is 0 Å². The molecule has 0 heterocycles. The van der Waals surface area contributed by atoms with Crippen LogP contribution in [0.2, 0.25) is 0 Å². The maximum atomic E-state index is 11.6. The number of hydrogen-bond donors (Lipinski definition) is 4. The first-order valence-electron chi connectivity index (χ1n) is 7.84. The van der Waals surface area contributed by atoms with Crippen LogP contribution in [0.4, 0.5) is 0 Å². The number of carbonyl (C=O) groups is 2. The molecule has 0 unspecified atom stereocenters. The maximum Gasteiger partial charge on any atom is 0.250 e. The van der Waals surface area contributed by atoms with Crippen LogP contribution in [0.15, 0.2) is 58.7 Å². The summed E-state index contributed by atoms with van der Waals surface area (Å²) in [4.78, 5) is 23.3. The Morgan fingerprint density at radius 2 is 1.22 bits per heavy atom. The van der Waals surface area contributed by atoms with Gasteiger partial charge in [-0.2, -0.15) is 10.2 Å². The second-order valence-corrected chi connectivity index (χ2v) is 6.18. The highest BCUT2D eigenvalue weighted by Gasteiger charge is 2.04. The number of nitrogens with zero attached hydrogens (tertiary/aromatic N) is 2. The second kappa shape index (κ2) is 10.6. The number of carbonyl (C=O) groups excluding carboxylic acids is 2. The molecule has 0 bridgehead atoms. The molecular formula is C18H18N4O4S. The molecule has 9 heteroatoms. The first-order valence-corrected chi connectivity index (χ1v) is 8.99. The van der Waals surface area contributed by atoms with E-state index in [1.165, 1.54) is 24.6 Å². The average Bonchev–Trinajstić information content (AvgIpc) is 2.65. The molecule has 2 aromatic carbocycles. The summed E-state index contributed by atoms with van der Waals surface area (Å²) in [5.41, 5.74) is 5.58. The summed E-state index contributed by atoms with van der Waals surface area (Å²) in [6.45, 7) is 0. The number of hydrogen-bond acceptors (Lipinski definition) is 7. The molecule has 0 spiro atoms. The smallest absolute Gasteiger partial charge is 0.250 e. The predicted molar refractivity (Wildman–Crippen MR) is 105 cm³/mol. The van der Waals surface area contributed by atoms with Gasteiger partial charge in [-0.25, -0.2) is 10.9 Å². The van der Waals surface area contributed by atoms with Gasteiger partial charge >= 0.3 is 0 Å². The standard InChI is InChI=1S/C18H18N4O4S/c23-15-7-3-1-5-13(15)9-19-21-17(25)11-27-12-18(26)22-20-10-14-6-2-4-8-16(14)24/h1-10,23-24H,11-12H2,(H,21,25)(H,22,26)/b19-9-,20-10+. The lowest BCUT2D eigenvalue weighted by molar-refractivity contribution is -0.118. The van der Waals surface area contributed by atoms with E-state index in [0.29, 0.717) is 11.1 Å². The van der Waals surface area contributed by atoms with Crippen molar-refractivity contribution in [2.75, 3.05) is 11.5 Å². The van der Waals surface area contributed by atoms with Crippen molar-refractivity contribution < 1.29 is 19.8 Å². The number of para-hydroxylation sites is 2. The third kappa shape index (κ3) is 7.20. The summed E-state index contributed by atoms with van der Waals surface area (Å²) < 4.78 is 0. The van der Waals surface area contributed by atoms with Gasteiger partial charge in [0, 0.05) is 11.1 Å². The molecule has 27 heavy (non-hydrogen) atoms. The fourth-order valence-corrected chi connectivity index (χ4v) is 2.44. The normalized spacial score (nSPS) is 11.0. The zero-order chi connectivity index (χ0) is 19.5. The summed E-state index contributed by atoms with van der Waals surface area (Å²) in [5, 5.41) is 26.6. The fourth-order valence-electron chi connectivity index (χ4n) is 1.84. The molecule has 0 aliphatic heterocycles. The average molecular weight is 386 g/mol. The van der Waals surface area contributed by atoms with E-state index in [9.17, 15) is 19.8 Å². The molecule has 0 aromatic heterocycles. The Morgan fingerprint density at radius 3 is 1.63 bits per heavy atom. The molecule has 2 amide bonds. The van der Waals surface area contributed by atoms with Crippen LogP contribution < -0.4 is 10.9 Å². The molecule has 2 rings (SSSR count). The maximum absolute atomic E-state index is 11.6. The summed E-state index contributed by atoms with van der Waals surface area (Å²) in [6.07, 6.45) is 2.66. The van der Waals surface area contributed by atoms with E-state index >= 15 is 0 Å². The lowest BCUT2D eigenvalue weighted by atomic mass is 10.2. The number of hydrazone groups is 2. The lowest BCUT2D eigenvalue weighted by Gasteiger charge is -2.01. The molecule has 2 aromatic rings. The third-order valence-corrected chi connectivity index (χ3v) is 4.06. The van der Waals surface area contributed by atoms with Crippen LogP contribution in [-0.4, -0.2) is 46.0 Å². The van der Waals surface area contributed by atoms with Gasteiger partial charge < -0.3 is 10.2 Å². The van der Waals surface area contributed by atoms with Crippen molar-refractivity contribution in [3.05, 3.63) is 59.7 Å². The van der Waals surface area contributed by atoms with Crippen LogP contribution in [0.1, 0.15) is 11.1 Å². The number of phenolic OH excluding ortho intramolecular Hbond substituents is 2. The quantitative estimate of drug-likeness (QED) is 0.404. The molecule has 0 saturated carbocycles. The fraction of sp³-hybridized carbons (Fsp3) is 0.111. The first kappa shape index (κ1) is 20.0. The van der Waals surface area contributed by atoms with Gasteiger partial charge in [-0.05, 0) is 24.3 Å². The van der Waals surface area contributed by atoms with Gasteiger partial charge in [0.05, 0.1) is 23.9 Å². The Morgan fingerprint density at radius 1 is 0.815 bits per heavy atom. The highest BCUT2D eigenvalue weighted by molar-refractivity contribution is 8.00. The molecule has 0 aliphatic rings. The minimum absolute atomic E-state index is 0.0364. The van der Waals surface area contributed by atoms with Gasteiger partial charge in [-0.1, -0.05) is 24.3 Å². The number of aromatic hydroxyl groups is 2. The summed E-state index contributed by atoms with van der Waals surface area (Å²) >= 11 is 1.10. The van der Waals surface area contributed by atoms with E-state index in [4.69, 9.17) is 0 Å². The van der Waals surface area contributed by atoms with Crippen LogP contribution in [-0.2, 0) is 9.59 Å². The number of rotatable bonds is 8. The zero-order valence-electron chi connectivity index (χ0n) is 14.2. The van der Waals surface area contributed by atoms with Crippen LogP contribution in [0.5, 0.6) is 11.5 Å². The molecule has 140 valence electrons. The molecular weight excluding hydrogens is 368 g/mol. The van der Waals surface area contributed by atoms with Gasteiger partial charge in [0.25, 0.3) is 0 Å². The monoisotopic (exact) mass is 386 g/mol. The summed E-state index contributed by atoms with van der Waals surface area (Å²) in [7, 11) is 0. The van der Waals surface area contributed by atoms with Crippen molar-refractivity contribution >= 4 is 36.0 Å². The minimum Gasteiger partial charge on any atom is -0.507 e.